The fraction of sp³-hybridized carbons (Fsp3) is 0.125. The largest absolute Gasteiger partial charge is 0.482 e. The van der Waals surface area contributed by atoms with Gasteiger partial charge in [-0.25, -0.2) is 9.18 Å². The molecule has 0 saturated carbocycles. The van der Waals surface area contributed by atoms with Crippen LogP contribution in [0.4, 0.5) is 10.1 Å². The summed E-state index contributed by atoms with van der Waals surface area (Å²) >= 11 is 11.6. The predicted octanol–water partition coefficient (Wildman–Crippen LogP) is 3.69. The molecule has 0 bridgehead atoms. The number of carbonyl (C=O) groups excluding carboxylic acids is 2. The highest BCUT2D eigenvalue weighted by atomic mass is 35.5. The highest BCUT2D eigenvalue weighted by Crippen LogP contribution is 2.24. The molecule has 0 aliphatic carbocycles. The van der Waals surface area contributed by atoms with E-state index in [2.05, 4.69) is 5.32 Å². The number of halogens is 3. The molecule has 0 unspecified atom stereocenters. The summed E-state index contributed by atoms with van der Waals surface area (Å²) in [5, 5.41) is 3.15. The molecule has 0 spiro atoms. The zero-order valence-electron chi connectivity index (χ0n) is 12.2. The Kier molecular flexibility index (Phi) is 6.40. The van der Waals surface area contributed by atoms with Gasteiger partial charge in [0.2, 0.25) is 0 Å². The van der Waals surface area contributed by atoms with Gasteiger partial charge < -0.3 is 14.8 Å². The number of rotatable bonds is 6. The van der Waals surface area contributed by atoms with E-state index in [1.807, 2.05) is 0 Å². The number of anilines is 1. The van der Waals surface area contributed by atoms with Crippen LogP contribution in [-0.2, 0) is 14.3 Å². The van der Waals surface area contributed by atoms with Crippen molar-refractivity contribution in [3.05, 3.63) is 58.3 Å². The minimum Gasteiger partial charge on any atom is -0.482 e. The van der Waals surface area contributed by atoms with Crippen LogP contribution in [0.15, 0.2) is 42.5 Å². The minimum atomic E-state index is -0.733. The quantitative estimate of drug-likeness (QED) is 0.786. The minimum absolute atomic E-state index is 0.291. The van der Waals surface area contributed by atoms with Crippen LogP contribution in [0.1, 0.15) is 0 Å². The fourth-order valence-electron chi connectivity index (χ4n) is 1.63. The van der Waals surface area contributed by atoms with E-state index in [-0.39, 0.29) is 0 Å². The normalized spacial score (nSPS) is 10.1. The molecule has 1 amide bonds. The van der Waals surface area contributed by atoms with Crippen molar-refractivity contribution in [2.75, 3.05) is 18.5 Å². The maximum Gasteiger partial charge on any atom is 0.344 e. The Morgan fingerprint density at radius 2 is 1.71 bits per heavy atom. The van der Waals surface area contributed by atoms with Crippen molar-refractivity contribution in [2.24, 2.45) is 0 Å². The number of carbonyl (C=O) groups is 2. The van der Waals surface area contributed by atoms with Crippen molar-refractivity contribution in [3.8, 4) is 5.75 Å². The third-order valence-corrected chi connectivity index (χ3v) is 3.48. The molecule has 0 aliphatic heterocycles. The Balaban J connectivity index is 1.73. The highest BCUT2D eigenvalue weighted by molar-refractivity contribution is 6.42. The van der Waals surface area contributed by atoms with E-state index < -0.39 is 30.9 Å². The summed E-state index contributed by atoms with van der Waals surface area (Å²) in [5.41, 5.74) is 0.424. The Hall–Kier alpha value is -2.31. The average molecular weight is 372 g/mol. The monoisotopic (exact) mass is 371 g/mol. The number of hydrogen-bond acceptors (Lipinski definition) is 4. The van der Waals surface area contributed by atoms with Crippen molar-refractivity contribution in [3.63, 3.8) is 0 Å². The second-order valence-corrected chi connectivity index (χ2v) is 5.39. The number of hydrogen-bond donors (Lipinski definition) is 1. The van der Waals surface area contributed by atoms with Gasteiger partial charge in [0.15, 0.2) is 13.2 Å². The van der Waals surface area contributed by atoms with Crippen LogP contribution >= 0.6 is 23.2 Å². The van der Waals surface area contributed by atoms with Crippen LogP contribution in [0.25, 0.3) is 0 Å². The van der Waals surface area contributed by atoms with Gasteiger partial charge in [0.1, 0.15) is 11.6 Å². The van der Waals surface area contributed by atoms with Crippen LogP contribution in [0.5, 0.6) is 5.75 Å². The standard InChI is InChI=1S/C16H12Cl2FNO4/c17-13-6-3-11(7-14(13)18)20-15(21)8-24-16(22)9-23-12-4-1-10(19)2-5-12/h1-7H,8-9H2,(H,20,21). The van der Waals surface area contributed by atoms with Gasteiger partial charge in [-0.3, -0.25) is 4.79 Å². The highest BCUT2D eigenvalue weighted by Gasteiger charge is 2.09. The van der Waals surface area contributed by atoms with Crippen LogP contribution in [0.3, 0.4) is 0 Å². The van der Waals surface area contributed by atoms with E-state index in [4.69, 9.17) is 32.7 Å². The summed E-state index contributed by atoms with van der Waals surface area (Å²) < 4.78 is 22.6. The van der Waals surface area contributed by atoms with Crippen LogP contribution in [-0.4, -0.2) is 25.1 Å². The predicted molar refractivity (Wildman–Crippen MR) is 87.9 cm³/mol. The number of esters is 1. The SMILES string of the molecule is O=C(COC(=O)COc1ccc(F)cc1)Nc1ccc(Cl)c(Cl)c1. The Labute approximate surface area is 147 Å². The first-order valence-corrected chi connectivity index (χ1v) is 7.48. The van der Waals surface area contributed by atoms with Crippen molar-refractivity contribution in [1.82, 2.24) is 0 Å². The maximum absolute atomic E-state index is 12.7. The van der Waals surface area contributed by atoms with Gasteiger partial charge in [0.25, 0.3) is 5.91 Å². The third kappa shape index (κ3) is 5.72. The summed E-state index contributed by atoms with van der Waals surface area (Å²) in [6.07, 6.45) is 0. The number of nitrogens with one attached hydrogen (secondary N) is 1. The van der Waals surface area contributed by atoms with Gasteiger partial charge in [-0.2, -0.15) is 0 Å². The Bertz CT molecular complexity index is 737. The van der Waals surface area contributed by atoms with Gasteiger partial charge in [-0.1, -0.05) is 23.2 Å². The van der Waals surface area contributed by atoms with Crippen molar-refractivity contribution >= 4 is 40.8 Å². The molecule has 2 aromatic carbocycles. The zero-order valence-corrected chi connectivity index (χ0v) is 13.7. The van der Waals surface area contributed by atoms with Crippen LogP contribution in [0, 0.1) is 5.82 Å². The molecule has 0 radical (unpaired) electrons. The van der Waals surface area contributed by atoms with Gasteiger partial charge in [-0.15, -0.1) is 0 Å². The molecule has 0 aliphatic rings. The Morgan fingerprint density at radius 3 is 2.38 bits per heavy atom. The van der Waals surface area contributed by atoms with E-state index in [9.17, 15) is 14.0 Å². The molecule has 126 valence electrons. The average Bonchev–Trinajstić information content (AvgIpc) is 2.56. The summed E-state index contributed by atoms with van der Waals surface area (Å²) in [6, 6.07) is 9.71. The first-order chi connectivity index (χ1) is 11.4. The molecule has 2 aromatic rings. The first-order valence-electron chi connectivity index (χ1n) is 6.73. The van der Waals surface area contributed by atoms with Gasteiger partial charge >= 0.3 is 5.97 Å². The first kappa shape index (κ1) is 18.0. The molecular formula is C16H12Cl2FNO4. The van der Waals surface area contributed by atoms with Crippen LogP contribution in [0.2, 0.25) is 10.0 Å². The second-order valence-electron chi connectivity index (χ2n) is 4.58. The van der Waals surface area contributed by atoms with Crippen LogP contribution < -0.4 is 10.1 Å². The van der Waals surface area contributed by atoms with E-state index in [0.717, 1.165) is 0 Å². The summed E-state index contributed by atoms with van der Waals surface area (Å²) in [5.74, 6) is -1.37. The summed E-state index contributed by atoms with van der Waals surface area (Å²) in [7, 11) is 0. The molecule has 0 saturated heterocycles. The molecule has 2 rings (SSSR count). The molecule has 0 atom stereocenters. The molecule has 0 fully saturated rings. The Morgan fingerprint density at radius 1 is 1.00 bits per heavy atom. The molecule has 0 aromatic heterocycles. The van der Waals surface area contributed by atoms with E-state index >= 15 is 0 Å². The molecule has 1 N–H and O–H groups in total. The van der Waals surface area contributed by atoms with E-state index in [0.29, 0.717) is 21.5 Å². The summed E-state index contributed by atoms with van der Waals surface area (Å²) in [6.45, 7) is -0.877. The zero-order chi connectivity index (χ0) is 17.5. The topological polar surface area (TPSA) is 64.6 Å². The van der Waals surface area contributed by atoms with Gasteiger partial charge in [0.05, 0.1) is 10.0 Å². The molecule has 8 heteroatoms. The van der Waals surface area contributed by atoms with Crippen molar-refractivity contribution in [2.45, 2.75) is 0 Å². The van der Waals surface area contributed by atoms with Crippen molar-refractivity contribution in [1.29, 1.82) is 0 Å². The number of benzene rings is 2. The van der Waals surface area contributed by atoms with Gasteiger partial charge in [-0.05, 0) is 42.5 Å². The smallest absolute Gasteiger partial charge is 0.344 e. The lowest BCUT2D eigenvalue weighted by molar-refractivity contribution is -0.149. The molecule has 5 nitrogen and oxygen atoms in total. The number of amides is 1. The fourth-order valence-corrected chi connectivity index (χ4v) is 1.93. The molecule has 24 heavy (non-hydrogen) atoms. The lowest BCUT2D eigenvalue weighted by atomic mass is 10.3. The van der Waals surface area contributed by atoms with Gasteiger partial charge in [0, 0.05) is 5.69 Å². The van der Waals surface area contributed by atoms with Crippen molar-refractivity contribution < 1.29 is 23.5 Å². The lowest BCUT2D eigenvalue weighted by Crippen LogP contribution is -2.23. The molecule has 0 heterocycles. The maximum atomic E-state index is 12.7. The second kappa shape index (κ2) is 8.52. The lowest BCUT2D eigenvalue weighted by Gasteiger charge is -2.08. The van der Waals surface area contributed by atoms with E-state index in [1.165, 1.54) is 36.4 Å². The third-order valence-electron chi connectivity index (χ3n) is 2.74. The number of ether oxygens (including phenoxy) is 2. The van der Waals surface area contributed by atoms with E-state index in [1.54, 1.807) is 6.07 Å². The molecular weight excluding hydrogens is 360 g/mol. The summed E-state index contributed by atoms with van der Waals surface area (Å²) in [4.78, 5) is 23.2.